The van der Waals surface area contributed by atoms with E-state index in [-0.39, 0.29) is 25.0 Å². The van der Waals surface area contributed by atoms with Crippen LogP contribution in [0.15, 0.2) is 59.7 Å². The van der Waals surface area contributed by atoms with Gasteiger partial charge in [-0.2, -0.15) is 5.10 Å². The zero-order valence-electron chi connectivity index (χ0n) is 19.0. The number of benzene rings is 3. The van der Waals surface area contributed by atoms with Gasteiger partial charge in [0.05, 0.1) is 18.3 Å². The maximum absolute atomic E-state index is 12.1. The lowest BCUT2D eigenvalue weighted by Crippen LogP contribution is -2.37. The normalized spacial score (nSPS) is 11.9. The van der Waals surface area contributed by atoms with E-state index in [0.29, 0.717) is 33.6 Å². The van der Waals surface area contributed by atoms with Crippen LogP contribution in [0.5, 0.6) is 23.0 Å². The molecule has 2 amide bonds. The van der Waals surface area contributed by atoms with Crippen molar-refractivity contribution in [1.29, 1.82) is 0 Å². The number of amides is 2. The molecule has 1 heterocycles. The van der Waals surface area contributed by atoms with Gasteiger partial charge < -0.3 is 24.3 Å². The monoisotopic (exact) mass is 529 g/mol. The SMILES string of the molecule is COc1cc(/C=N\NC(=O)C(=O)NCc2ccc3c(c2)OCO3)cc(Cl)c1OCc1ccccc1Cl. The van der Waals surface area contributed by atoms with Crippen LogP contribution >= 0.6 is 23.2 Å². The summed E-state index contributed by atoms with van der Waals surface area (Å²) in [7, 11) is 1.47. The van der Waals surface area contributed by atoms with E-state index in [1.165, 1.54) is 13.3 Å². The highest BCUT2D eigenvalue weighted by atomic mass is 35.5. The van der Waals surface area contributed by atoms with Crippen LogP contribution in [0.3, 0.4) is 0 Å². The summed E-state index contributed by atoms with van der Waals surface area (Å²) >= 11 is 12.5. The highest BCUT2D eigenvalue weighted by Crippen LogP contribution is 2.37. The van der Waals surface area contributed by atoms with Crippen molar-refractivity contribution in [3.63, 3.8) is 0 Å². The first-order valence-electron chi connectivity index (χ1n) is 10.7. The third kappa shape index (κ3) is 6.18. The molecule has 1 aliphatic rings. The second-order valence-electron chi connectivity index (χ2n) is 7.48. The highest BCUT2D eigenvalue weighted by Gasteiger charge is 2.16. The number of nitrogens with one attached hydrogen (secondary N) is 2. The molecule has 9 nitrogen and oxygen atoms in total. The molecule has 0 unspecified atom stereocenters. The van der Waals surface area contributed by atoms with Gasteiger partial charge in [-0.1, -0.05) is 47.5 Å². The third-order valence-corrected chi connectivity index (χ3v) is 5.71. The third-order valence-electron chi connectivity index (χ3n) is 5.06. The fourth-order valence-corrected chi connectivity index (χ4v) is 3.71. The summed E-state index contributed by atoms with van der Waals surface area (Å²) in [5, 5.41) is 7.19. The van der Waals surface area contributed by atoms with E-state index in [9.17, 15) is 9.59 Å². The summed E-state index contributed by atoms with van der Waals surface area (Å²) in [6, 6.07) is 15.7. The van der Waals surface area contributed by atoms with Crippen molar-refractivity contribution in [2.75, 3.05) is 13.9 Å². The lowest BCUT2D eigenvalue weighted by Gasteiger charge is -2.14. The van der Waals surface area contributed by atoms with Crippen molar-refractivity contribution in [1.82, 2.24) is 10.7 Å². The first kappa shape index (κ1) is 25.2. The second kappa shape index (κ2) is 11.7. The number of rotatable bonds is 8. The Morgan fingerprint density at radius 2 is 1.83 bits per heavy atom. The number of carbonyl (C=O) groups is 2. The van der Waals surface area contributed by atoms with Crippen molar-refractivity contribution >= 4 is 41.2 Å². The lowest BCUT2D eigenvalue weighted by atomic mass is 10.2. The minimum absolute atomic E-state index is 0.134. The molecule has 186 valence electrons. The van der Waals surface area contributed by atoms with E-state index >= 15 is 0 Å². The highest BCUT2D eigenvalue weighted by molar-refractivity contribution is 6.35. The lowest BCUT2D eigenvalue weighted by molar-refractivity contribution is -0.139. The van der Waals surface area contributed by atoms with Gasteiger partial charge >= 0.3 is 11.8 Å². The van der Waals surface area contributed by atoms with Crippen LogP contribution in [0.25, 0.3) is 0 Å². The Morgan fingerprint density at radius 3 is 2.64 bits per heavy atom. The fraction of sp³-hybridized carbons (Fsp3) is 0.160. The average molecular weight is 530 g/mol. The largest absolute Gasteiger partial charge is 0.493 e. The number of fused-ring (bicyclic) bond motifs is 1. The van der Waals surface area contributed by atoms with Crippen LogP contribution in [0.1, 0.15) is 16.7 Å². The van der Waals surface area contributed by atoms with Gasteiger partial charge in [-0.15, -0.1) is 0 Å². The van der Waals surface area contributed by atoms with Gasteiger partial charge in [0.2, 0.25) is 6.79 Å². The maximum atomic E-state index is 12.1. The number of nitrogens with zero attached hydrogens (tertiary/aromatic N) is 1. The van der Waals surface area contributed by atoms with Crippen molar-refractivity contribution < 1.29 is 28.5 Å². The van der Waals surface area contributed by atoms with Gasteiger partial charge in [-0.05, 0) is 41.5 Å². The standard InChI is InChI=1S/C25H21Cl2N3O6/c1-33-22-10-16(8-19(27)23(22)34-13-17-4-2-3-5-18(17)26)12-29-30-25(32)24(31)28-11-15-6-7-20-21(9-15)36-14-35-20/h2-10,12H,11,13-14H2,1H3,(H,28,31)(H,30,32)/b29-12-. The molecule has 0 atom stereocenters. The number of hydrogen-bond donors (Lipinski definition) is 2. The van der Waals surface area contributed by atoms with E-state index in [2.05, 4.69) is 15.8 Å². The molecule has 0 aromatic heterocycles. The summed E-state index contributed by atoms with van der Waals surface area (Å²) in [6.07, 6.45) is 1.33. The minimum Gasteiger partial charge on any atom is -0.493 e. The zero-order chi connectivity index (χ0) is 25.5. The topological polar surface area (TPSA) is 107 Å². The summed E-state index contributed by atoms with van der Waals surface area (Å²) in [6.45, 7) is 0.483. The molecular weight excluding hydrogens is 509 g/mol. The number of hydrogen-bond acceptors (Lipinski definition) is 7. The van der Waals surface area contributed by atoms with Gasteiger partial charge in [-0.3, -0.25) is 9.59 Å². The summed E-state index contributed by atoms with van der Waals surface area (Å²) < 4.78 is 21.7. The molecule has 0 aliphatic carbocycles. The molecular formula is C25H21Cl2N3O6. The predicted molar refractivity (Wildman–Crippen MR) is 134 cm³/mol. The zero-order valence-corrected chi connectivity index (χ0v) is 20.6. The predicted octanol–water partition coefficient (Wildman–Crippen LogP) is 4.08. The van der Waals surface area contributed by atoms with E-state index in [1.807, 2.05) is 18.2 Å². The van der Waals surface area contributed by atoms with Crippen LogP contribution in [0.2, 0.25) is 10.0 Å². The smallest absolute Gasteiger partial charge is 0.329 e. The molecule has 36 heavy (non-hydrogen) atoms. The average Bonchev–Trinajstić information content (AvgIpc) is 3.35. The van der Waals surface area contributed by atoms with E-state index in [1.54, 1.807) is 36.4 Å². The van der Waals surface area contributed by atoms with Crippen molar-refractivity contribution in [3.05, 3.63) is 81.3 Å². The van der Waals surface area contributed by atoms with Gasteiger partial charge in [0.1, 0.15) is 6.61 Å². The maximum Gasteiger partial charge on any atom is 0.329 e. The molecule has 11 heteroatoms. The molecule has 0 radical (unpaired) electrons. The Bertz CT molecular complexity index is 1310. The molecule has 0 spiro atoms. The molecule has 2 N–H and O–H groups in total. The van der Waals surface area contributed by atoms with Crippen LogP contribution in [-0.4, -0.2) is 31.9 Å². The van der Waals surface area contributed by atoms with Crippen molar-refractivity contribution in [3.8, 4) is 23.0 Å². The van der Waals surface area contributed by atoms with Crippen LogP contribution < -0.4 is 29.7 Å². The van der Waals surface area contributed by atoms with Crippen molar-refractivity contribution in [2.45, 2.75) is 13.2 Å². The van der Waals surface area contributed by atoms with E-state index in [4.69, 9.17) is 42.1 Å². The van der Waals surface area contributed by atoms with Crippen LogP contribution in [0.4, 0.5) is 0 Å². The van der Waals surface area contributed by atoms with Gasteiger partial charge in [0.15, 0.2) is 23.0 Å². The number of methoxy groups -OCH3 is 1. The minimum atomic E-state index is -0.926. The van der Waals surface area contributed by atoms with E-state index in [0.717, 1.165) is 11.1 Å². The molecule has 3 aromatic rings. The summed E-state index contributed by atoms with van der Waals surface area (Å²) in [5.74, 6) is 0.153. The fourth-order valence-electron chi connectivity index (χ4n) is 3.25. The van der Waals surface area contributed by atoms with Gasteiger partial charge in [-0.25, -0.2) is 5.43 Å². The Labute approximate surface area is 216 Å². The first-order valence-corrected chi connectivity index (χ1v) is 11.4. The first-order chi connectivity index (χ1) is 17.4. The molecule has 1 aliphatic heterocycles. The molecule has 0 bridgehead atoms. The molecule has 0 saturated carbocycles. The Morgan fingerprint density at radius 1 is 1.03 bits per heavy atom. The number of ether oxygens (including phenoxy) is 4. The Kier molecular flexibility index (Phi) is 8.14. The molecule has 4 rings (SSSR count). The number of carbonyl (C=O) groups excluding carboxylic acids is 2. The Hall–Kier alpha value is -3.95. The quantitative estimate of drug-likeness (QED) is 0.258. The molecule has 3 aromatic carbocycles. The number of halogens is 2. The summed E-state index contributed by atoms with van der Waals surface area (Å²) in [5.41, 5.74) is 4.24. The number of hydrazone groups is 1. The summed E-state index contributed by atoms with van der Waals surface area (Å²) in [4.78, 5) is 24.2. The van der Waals surface area contributed by atoms with E-state index < -0.39 is 11.8 Å². The van der Waals surface area contributed by atoms with Crippen LogP contribution in [0, 0.1) is 0 Å². The molecule has 0 saturated heterocycles. The van der Waals surface area contributed by atoms with Gasteiger partial charge in [0, 0.05) is 17.1 Å². The second-order valence-corrected chi connectivity index (χ2v) is 8.30. The van der Waals surface area contributed by atoms with Gasteiger partial charge in [0.25, 0.3) is 0 Å². The Balaban J connectivity index is 1.32. The molecule has 0 fully saturated rings. The van der Waals surface area contributed by atoms with Crippen molar-refractivity contribution in [2.24, 2.45) is 5.10 Å². The van der Waals surface area contributed by atoms with Crippen LogP contribution in [-0.2, 0) is 22.7 Å².